The zero-order valence-corrected chi connectivity index (χ0v) is 24.0. The molecule has 0 fully saturated rings. The van der Waals surface area contributed by atoms with Crippen LogP contribution in [0.5, 0.6) is 11.5 Å². The molecule has 0 saturated carbocycles. The van der Waals surface area contributed by atoms with E-state index >= 15 is 0 Å². The fourth-order valence-corrected chi connectivity index (χ4v) is 3.48. The lowest BCUT2D eigenvalue weighted by atomic mass is 10.1. The van der Waals surface area contributed by atoms with E-state index in [2.05, 4.69) is 19.9 Å². The van der Waals surface area contributed by atoms with Crippen LogP contribution in [-0.2, 0) is 29.7 Å². The first-order chi connectivity index (χ1) is 22.0. The summed E-state index contributed by atoms with van der Waals surface area (Å²) in [6.07, 6.45) is -4.18. The lowest BCUT2D eigenvalue weighted by molar-refractivity contribution is -0.193. The first kappa shape index (κ1) is 35.8. The number of nitrogens with one attached hydrogen (secondary N) is 1. The van der Waals surface area contributed by atoms with E-state index in [0.29, 0.717) is 42.6 Å². The van der Waals surface area contributed by atoms with Gasteiger partial charge in [-0.25, -0.2) is 28.9 Å². The molecule has 0 aliphatic heterocycles. The highest BCUT2D eigenvalue weighted by Gasteiger charge is 2.38. The number of H-pyrrole nitrogens is 1. The Kier molecular flexibility index (Phi) is 11.8. The van der Waals surface area contributed by atoms with Crippen molar-refractivity contribution in [3.05, 3.63) is 90.4 Å². The Morgan fingerprint density at radius 1 is 0.872 bits per heavy atom. The van der Waals surface area contributed by atoms with Crippen molar-refractivity contribution in [2.45, 2.75) is 25.4 Å². The number of fused-ring (bicyclic) bond motifs is 1. The standard InChI is InChI=1S/C25H22FN5O2.2C2HF3O2/c1-31-11-10-27-23(31)16-33-21-14-18(24-29-22-3-2-9-28-25(22)30-24)13-20(15-21)32-12-8-17-4-6-19(26)7-5-17;2*3-2(4,5)1(6)7/h2-7,9-11,13-15H,8,12,16H2,1H3,(H,28,29,30);2*(H,6,7). The second-order valence-corrected chi connectivity index (χ2v) is 9.22. The number of hydrogen-bond donors (Lipinski definition) is 3. The zero-order chi connectivity index (χ0) is 34.8. The summed E-state index contributed by atoms with van der Waals surface area (Å²) in [5, 5.41) is 14.2. The molecule has 3 N–H and O–H groups in total. The molecule has 11 nitrogen and oxygen atoms in total. The van der Waals surface area contributed by atoms with Gasteiger partial charge in [-0.2, -0.15) is 26.3 Å². The zero-order valence-electron chi connectivity index (χ0n) is 24.0. The number of ether oxygens (including phenoxy) is 2. The summed E-state index contributed by atoms with van der Waals surface area (Å²) < 4.78 is 90.6. The maximum Gasteiger partial charge on any atom is 0.490 e. The predicted octanol–water partition coefficient (Wildman–Crippen LogP) is 5.96. The van der Waals surface area contributed by atoms with Crippen LogP contribution in [0.15, 0.2) is 73.2 Å². The van der Waals surface area contributed by atoms with Gasteiger partial charge in [0, 0.05) is 43.7 Å². The molecule has 18 heteroatoms. The maximum atomic E-state index is 13.1. The lowest BCUT2D eigenvalue weighted by Gasteiger charge is -2.12. The summed E-state index contributed by atoms with van der Waals surface area (Å²) in [7, 11) is 1.92. The minimum atomic E-state index is -5.08. The summed E-state index contributed by atoms with van der Waals surface area (Å²) in [4.78, 5) is 34.3. The molecule has 0 unspecified atom stereocenters. The Balaban J connectivity index is 0.000000360. The van der Waals surface area contributed by atoms with E-state index in [1.54, 1.807) is 24.5 Å². The highest BCUT2D eigenvalue weighted by atomic mass is 19.4. The SMILES string of the molecule is Cn1ccnc1COc1cc(OCCc2ccc(F)cc2)cc(-c2nc3cccnc3[nH]2)c1.O=C(O)C(F)(F)F.O=C(O)C(F)(F)F. The van der Waals surface area contributed by atoms with E-state index in [-0.39, 0.29) is 5.82 Å². The molecule has 0 radical (unpaired) electrons. The maximum absolute atomic E-state index is 13.1. The summed E-state index contributed by atoms with van der Waals surface area (Å²) in [6.45, 7) is 0.763. The summed E-state index contributed by atoms with van der Waals surface area (Å²) in [5.41, 5.74) is 3.32. The van der Waals surface area contributed by atoms with Crippen molar-refractivity contribution < 1.29 is 60.0 Å². The number of nitrogens with zero attached hydrogens (tertiary/aromatic N) is 4. The van der Waals surface area contributed by atoms with Crippen molar-refractivity contribution >= 4 is 23.1 Å². The number of aromatic amines is 1. The highest BCUT2D eigenvalue weighted by molar-refractivity contribution is 5.76. The van der Waals surface area contributed by atoms with Crippen molar-refractivity contribution in [2.75, 3.05) is 6.61 Å². The van der Waals surface area contributed by atoms with Crippen molar-refractivity contribution in [1.29, 1.82) is 0 Å². The van der Waals surface area contributed by atoms with Gasteiger partial charge in [0.05, 0.1) is 6.61 Å². The number of carboxylic acids is 2. The topological polar surface area (TPSA) is 152 Å². The van der Waals surface area contributed by atoms with Gasteiger partial charge in [0.2, 0.25) is 0 Å². The average molecular weight is 672 g/mol. The van der Waals surface area contributed by atoms with Crippen LogP contribution in [0.25, 0.3) is 22.6 Å². The average Bonchev–Trinajstić information content (AvgIpc) is 3.62. The fourth-order valence-electron chi connectivity index (χ4n) is 3.48. The minimum Gasteiger partial charge on any atom is -0.493 e. The molecular formula is C29H24F7N5O6. The van der Waals surface area contributed by atoms with E-state index in [9.17, 15) is 30.7 Å². The third-order valence-corrected chi connectivity index (χ3v) is 5.76. The third kappa shape index (κ3) is 11.3. The largest absolute Gasteiger partial charge is 0.493 e. The first-order valence-corrected chi connectivity index (χ1v) is 13.1. The summed E-state index contributed by atoms with van der Waals surface area (Å²) >= 11 is 0. The molecule has 0 aliphatic carbocycles. The Labute approximate surface area is 260 Å². The van der Waals surface area contributed by atoms with Gasteiger partial charge in [-0.1, -0.05) is 12.1 Å². The summed E-state index contributed by atoms with van der Waals surface area (Å²) in [6, 6.07) is 15.9. The fraction of sp³-hybridized carbons (Fsp3) is 0.207. The monoisotopic (exact) mass is 671 g/mol. The van der Waals surface area contributed by atoms with E-state index in [1.165, 1.54) is 12.1 Å². The van der Waals surface area contributed by atoms with Gasteiger partial charge < -0.3 is 29.2 Å². The van der Waals surface area contributed by atoms with Gasteiger partial charge in [-0.15, -0.1) is 0 Å². The second-order valence-electron chi connectivity index (χ2n) is 9.22. The van der Waals surface area contributed by atoms with Crippen LogP contribution in [0.4, 0.5) is 30.7 Å². The molecule has 0 amide bonds. The van der Waals surface area contributed by atoms with Crippen molar-refractivity contribution in [2.24, 2.45) is 7.05 Å². The number of benzene rings is 2. The molecule has 250 valence electrons. The Morgan fingerprint density at radius 3 is 2.00 bits per heavy atom. The van der Waals surface area contributed by atoms with Gasteiger partial charge in [-0.3, -0.25) is 0 Å². The number of carbonyl (C=O) groups is 2. The van der Waals surface area contributed by atoms with Crippen LogP contribution in [0.3, 0.4) is 0 Å². The smallest absolute Gasteiger partial charge is 0.490 e. The molecule has 0 aliphatic rings. The minimum absolute atomic E-state index is 0.248. The molecule has 47 heavy (non-hydrogen) atoms. The van der Waals surface area contributed by atoms with Gasteiger partial charge in [0.15, 0.2) is 5.65 Å². The molecule has 5 rings (SSSR count). The molecule has 3 heterocycles. The molecule has 5 aromatic rings. The van der Waals surface area contributed by atoms with E-state index in [4.69, 9.17) is 29.3 Å². The summed E-state index contributed by atoms with van der Waals surface area (Å²) in [5.74, 6) is -2.98. The molecule has 3 aromatic heterocycles. The predicted molar refractivity (Wildman–Crippen MR) is 150 cm³/mol. The van der Waals surface area contributed by atoms with Crippen molar-refractivity contribution in [3.8, 4) is 22.9 Å². The third-order valence-electron chi connectivity index (χ3n) is 5.76. The molecule has 0 atom stereocenters. The van der Waals surface area contributed by atoms with E-state index < -0.39 is 24.3 Å². The van der Waals surface area contributed by atoms with Crippen LogP contribution in [0.2, 0.25) is 0 Å². The normalized spacial score (nSPS) is 11.1. The van der Waals surface area contributed by atoms with Crippen LogP contribution in [0.1, 0.15) is 11.4 Å². The van der Waals surface area contributed by atoms with Gasteiger partial charge in [0.25, 0.3) is 0 Å². The highest BCUT2D eigenvalue weighted by Crippen LogP contribution is 2.30. The molecule has 0 bridgehead atoms. The van der Waals surface area contributed by atoms with E-state index in [0.717, 1.165) is 22.5 Å². The van der Waals surface area contributed by atoms with Crippen LogP contribution in [-0.4, -0.2) is 65.6 Å². The van der Waals surface area contributed by atoms with E-state index in [1.807, 2.05) is 48.1 Å². The van der Waals surface area contributed by atoms with Crippen molar-refractivity contribution in [3.63, 3.8) is 0 Å². The lowest BCUT2D eigenvalue weighted by Crippen LogP contribution is -2.21. The molecule has 0 saturated heterocycles. The molecular weight excluding hydrogens is 647 g/mol. The number of imidazole rings is 2. The molecule has 2 aromatic carbocycles. The van der Waals surface area contributed by atoms with Crippen LogP contribution < -0.4 is 9.47 Å². The Hall–Kier alpha value is -5.68. The number of halogens is 7. The number of pyridine rings is 1. The second kappa shape index (κ2) is 15.5. The van der Waals surface area contributed by atoms with Gasteiger partial charge in [0.1, 0.15) is 41.1 Å². The molecule has 0 spiro atoms. The van der Waals surface area contributed by atoms with Crippen molar-refractivity contribution in [1.82, 2.24) is 24.5 Å². The number of aliphatic carboxylic acids is 2. The van der Waals surface area contributed by atoms with Gasteiger partial charge in [-0.05, 0) is 42.0 Å². The Morgan fingerprint density at radius 2 is 1.47 bits per heavy atom. The first-order valence-electron chi connectivity index (χ1n) is 13.1. The van der Waals surface area contributed by atoms with Gasteiger partial charge >= 0.3 is 24.3 Å². The quantitative estimate of drug-likeness (QED) is 0.170. The van der Waals surface area contributed by atoms with Crippen LogP contribution >= 0.6 is 0 Å². The number of aromatic nitrogens is 5. The number of hydrogen-bond acceptors (Lipinski definition) is 7. The van der Waals surface area contributed by atoms with Crippen LogP contribution in [0, 0.1) is 5.82 Å². The number of rotatable bonds is 8. The number of carboxylic acid groups (broad SMARTS) is 2. The number of aryl methyl sites for hydroxylation is 1. The number of alkyl halides is 6. The Bertz CT molecular complexity index is 1730.